The average molecular weight is 2030 g/mol. The van der Waals surface area contributed by atoms with E-state index in [1.807, 2.05) is 0 Å². The van der Waals surface area contributed by atoms with Gasteiger partial charge in [-0.2, -0.15) is 11.8 Å². The van der Waals surface area contributed by atoms with Crippen molar-refractivity contribution in [3.63, 3.8) is 0 Å². The van der Waals surface area contributed by atoms with Crippen LogP contribution in [-0.2, 0) is 75.2 Å². The highest BCUT2D eigenvalue weighted by Crippen LogP contribution is 2.60. The summed E-state index contributed by atoms with van der Waals surface area (Å²) in [6.45, 7) is 1.70. The highest BCUT2D eigenvalue weighted by molar-refractivity contribution is 8.76. The van der Waals surface area contributed by atoms with Crippen molar-refractivity contribution in [1.29, 1.82) is 0 Å². The van der Waals surface area contributed by atoms with E-state index in [0.717, 1.165) is 60.1 Å². The van der Waals surface area contributed by atoms with Gasteiger partial charge in [0.25, 0.3) is 0 Å². The molecule has 4 fully saturated rings. The molecule has 4 bridgehead atoms. The van der Waals surface area contributed by atoms with Crippen molar-refractivity contribution in [2.75, 3.05) is 69.6 Å². The second kappa shape index (κ2) is 61.9. The standard InChI is InChI=1S/C89H149N33O16S3/c1-49-20-25-55(12-2-4-30-90)111-73(128)60(14-3-5-31-91)114-74(129)62(17-9-35-108-86(100)101)117-79(134)66(42-51-23-28-57(124)29-24-51)119-82(137)69(122-80(135)67(46-139-89-43-52-38-53(44-89)40-54(39-52)45-89)120-76(131)61(16-8-34-107-85(98)99)113-72(127)58(92)13-6-32-105-83(94)95)48-141-140-47-68(81(136)112-59(70(93)125)15-7-33-106-84(96)97)121-77(132)64(19-11-37-110-88(104)138)115-75(130)63(18-10-36-109-87(102)103)116-78(133)65(118-71(49)126)41-50-21-26-56(123)27-22-50/h20-29,49,52-55,58-69,123-124H,2-19,30-48,90-92H2,1H3,(H2,93,125)(H,111,128)(H,112,136)(H,113,127)(H,114,129)(H,115,130)(H,116,133)(H,117,134)(H,118,126)(H,119,137)(H,120,131)(H,121,132)(H,122,135)(H4,94,95,105)(H4,96,97,106)(H4,98,99,107)(H4,100,101,108)(H4,102,103,109)(H3,104,110,138)/b25-20-/t49-,52?,53?,54?,55+,58-,59-,60-,61-,62+,63+,64?,65-,66-,67-,68-,69-,89?/m0/s1. The molecule has 2 aromatic carbocycles. The maximum absolute atomic E-state index is 16.1. The number of nitrogens with zero attached hydrogens (tertiary/aromatic N) is 5. The Morgan fingerprint density at radius 3 is 1.29 bits per heavy atom. The Bertz CT molecular complexity index is 4580. The van der Waals surface area contributed by atoms with Crippen molar-refractivity contribution in [3.8, 4) is 11.5 Å². The largest absolute Gasteiger partial charge is 0.508 e. The molecule has 141 heavy (non-hydrogen) atoms. The Morgan fingerprint density at radius 2 is 0.830 bits per heavy atom. The van der Waals surface area contributed by atoms with Crippen LogP contribution in [0.4, 0.5) is 4.79 Å². The molecular weight excluding hydrogens is 1880 g/mol. The zero-order valence-corrected chi connectivity index (χ0v) is 82.4. The third-order valence-corrected chi connectivity index (χ3v) is 28.2. The summed E-state index contributed by atoms with van der Waals surface area (Å²) < 4.78 is -0.336. The van der Waals surface area contributed by atoms with Crippen molar-refractivity contribution >= 4 is 146 Å². The number of phenolic OH excluding ortho intramolecular Hbond substituents is 2. The van der Waals surface area contributed by atoms with Gasteiger partial charge >= 0.3 is 6.03 Å². The molecule has 0 spiro atoms. The van der Waals surface area contributed by atoms with Crippen LogP contribution >= 0.6 is 33.3 Å². The number of amides is 15. The van der Waals surface area contributed by atoms with Crippen LogP contribution in [-0.4, -0.2) is 276 Å². The third kappa shape index (κ3) is 44.4. The highest BCUT2D eigenvalue weighted by Gasteiger charge is 2.52. The molecule has 14 atom stereocenters. The first-order valence-corrected chi connectivity index (χ1v) is 51.1. The number of benzene rings is 2. The van der Waals surface area contributed by atoms with Crippen molar-refractivity contribution in [2.45, 2.75) is 257 Å². The van der Waals surface area contributed by atoms with E-state index in [9.17, 15) is 29.4 Å². The summed E-state index contributed by atoms with van der Waals surface area (Å²) in [4.78, 5) is 229. The lowest BCUT2D eigenvalue weighted by Gasteiger charge is -2.56. The first-order chi connectivity index (χ1) is 67.1. The molecular formula is C89H149N33O16S3. The van der Waals surface area contributed by atoms with Gasteiger partial charge in [-0.3, -0.25) is 87.3 Å². The van der Waals surface area contributed by atoms with Crippen molar-refractivity contribution < 1.29 is 77.3 Å². The summed E-state index contributed by atoms with van der Waals surface area (Å²) in [6.07, 6.45) is 9.22. The van der Waals surface area contributed by atoms with E-state index in [0.29, 0.717) is 54.6 Å². The SMILES string of the molecule is C[C@H]1/C=C\[C@@H](CCCCN)NC(=O)[C@H](CCCCN)NC(=O)[C@@H](CCCN=C(N)N)NC(=O)[C@H](Cc2ccc(O)cc2)NC(=O)[C@@H](NC(=O)[C@H](CSC23CC4CC(CC(C4)C2)C3)NC(=O)[C@H](CCCN=C(N)N)NC(=O)[C@@H](N)CCCN=C(N)N)CSSC[C@@H](C(=O)N[C@@H](CCCN=C(N)N)C(N)=O)NC(=O)C(CCCNC(N)=O)NC(=O)[C@@H](CCCN=C(N)N)NC(=O)[C@H](Cc2ccc(O)cc2)NC1=O. The number of primary amides is 2. The van der Waals surface area contributed by atoms with Crippen LogP contribution in [0.25, 0.3) is 0 Å². The van der Waals surface area contributed by atoms with Gasteiger partial charge in [0, 0.05) is 80.2 Å². The van der Waals surface area contributed by atoms with Crippen molar-refractivity contribution in [3.05, 3.63) is 71.8 Å². The van der Waals surface area contributed by atoms with Crippen LogP contribution in [0.5, 0.6) is 11.5 Å². The Labute approximate surface area is 832 Å². The third-order valence-electron chi connectivity index (χ3n) is 24.2. The van der Waals surface area contributed by atoms with Gasteiger partial charge in [-0.1, -0.05) is 64.9 Å². The smallest absolute Gasteiger partial charge is 0.312 e. The molecule has 52 heteroatoms. The lowest BCUT2D eigenvalue weighted by molar-refractivity contribution is -0.135. The molecule has 7 rings (SSSR count). The highest BCUT2D eigenvalue weighted by atomic mass is 33.1. The Kier molecular flexibility index (Phi) is 51.4. The molecule has 4 aliphatic carbocycles. The maximum Gasteiger partial charge on any atom is 0.312 e. The average Bonchev–Trinajstić information content (AvgIpc) is 0.749. The first-order valence-electron chi connectivity index (χ1n) is 47.6. The number of thioether (sulfide) groups is 1. The molecule has 1 heterocycles. The zero-order valence-electron chi connectivity index (χ0n) is 80.0. The van der Waals surface area contributed by atoms with Gasteiger partial charge in [-0.15, -0.1) is 0 Å². The molecule has 784 valence electrons. The topological polar surface area (TPSA) is 888 Å². The zero-order chi connectivity index (χ0) is 104. The van der Waals surface area contributed by atoms with Crippen molar-refractivity contribution in [2.24, 2.45) is 135 Å². The van der Waals surface area contributed by atoms with Crippen LogP contribution in [0.1, 0.15) is 172 Å². The van der Waals surface area contributed by atoms with E-state index >= 15 is 47.9 Å². The van der Waals surface area contributed by atoms with Crippen LogP contribution < -0.4 is 155 Å². The lowest BCUT2D eigenvalue weighted by Crippen LogP contribution is -2.61. The number of aliphatic imine (C=N–C) groups is 5. The lowest BCUT2D eigenvalue weighted by atomic mass is 9.56. The van der Waals surface area contributed by atoms with Crippen LogP contribution in [0.3, 0.4) is 0 Å². The van der Waals surface area contributed by atoms with Gasteiger partial charge in [0.15, 0.2) is 29.8 Å². The molecule has 0 radical (unpaired) electrons. The summed E-state index contributed by atoms with van der Waals surface area (Å²) in [5.74, 6) is -14.8. The maximum atomic E-state index is 16.1. The summed E-state index contributed by atoms with van der Waals surface area (Å²) >= 11 is 1.50. The second-order valence-corrected chi connectivity index (χ2v) is 40.0. The van der Waals surface area contributed by atoms with E-state index in [1.165, 1.54) is 73.3 Å². The fourth-order valence-electron chi connectivity index (χ4n) is 17.1. The summed E-state index contributed by atoms with van der Waals surface area (Å²) in [5.41, 5.74) is 87.2. The number of phenols is 2. The number of hydrogen-bond donors (Lipinski definition) is 30. The Balaban J connectivity index is 1.59. The number of unbranched alkanes of at least 4 members (excludes halogenated alkanes) is 2. The van der Waals surface area contributed by atoms with Crippen LogP contribution in [0, 0.1) is 23.7 Å². The monoisotopic (exact) mass is 2030 g/mol. The van der Waals surface area contributed by atoms with E-state index < -0.39 is 185 Å². The molecule has 15 amide bonds. The predicted octanol–water partition coefficient (Wildman–Crippen LogP) is -6.22. The molecule has 2 aromatic rings. The van der Waals surface area contributed by atoms with E-state index in [1.54, 1.807) is 6.08 Å². The van der Waals surface area contributed by atoms with Gasteiger partial charge in [0.2, 0.25) is 76.8 Å². The minimum absolute atomic E-state index is 0.000512. The fourth-order valence-corrected chi connectivity index (χ4v) is 21.3. The van der Waals surface area contributed by atoms with Gasteiger partial charge in [0.05, 0.1) is 12.0 Å². The van der Waals surface area contributed by atoms with E-state index in [2.05, 4.69) is 94.1 Å². The molecule has 49 nitrogen and oxygen atoms in total. The minimum atomic E-state index is -1.80. The van der Waals surface area contributed by atoms with Gasteiger partial charge in [-0.05, 0) is 220 Å². The van der Waals surface area contributed by atoms with Gasteiger partial charge in [-0.25, -0.2) is 4.79 Å². The number of urea groups is 1. The van der Waals surface area contributed by atoms with Gasteiger partial charge < -0.3 is 165 Å². The second-order valence-electron chi connectivity index (χ2n) is 35.9. The number of carbonyl (C=O) groups excluding carboxylic acids is 14. The molecule has 0 saturated heterocycles. The number of rotatable bonds is 48. The van der Waals surface area contributed by atoms with Crippen molar-refractivity contribution in [1.82, 2.24) is 69.1 Å². The summed E-state index contributed by atoms with van der Waals surface area (Å²) in [7, 11) is 1.64. The fraction of sp³-hybridized carbons (Fsp3) is 0.629. The number of nitrogens with two attached hydrogens (primary N) is 15. The Hall–Kier alpha value is -12.6. The number of aromatic hydroxyl groups is 2. The van der Waals surface area contributed by atoms with Gasteiger partial charge in [0.1, 0.15) is 78.0 Å². The van der Waals surface area contributed by atoms with E-state index in [4.69, 9.17) is 86.0 Å². The predicted molar refractivity (Wildman–Crippen MR) is 543 cm³/mol. The number of guanidine groups is 5. The summed E-state index contributed by atoms with van der Waals surface area (Å²) in [6, 6.07) is -9.13. The molecule has 0 aromatic heterocycles. The number of hydrogen-bond acceptors (Lipinski definition) is 27. The van der Waals surface area contributed by atoms with E-state index in [-0.39, 0.29) is 200 Å². The number of nitrogens with one attached hydrogen (secondary N) is 13. The van der Waals surface area contributed by atoms with Crippen LogP contribution in [0.2, 0.25) is 0 Å². The molecule has 5 aliphatic rings. The molecule has 1 unspecified atom stereocenters. The molecule has 45 N–H and O–H groups in total. The molecule has 4 saturated carbocycles. The Morgan fingerprint density at radius 1 is 0.433 bits per heavy atom. The quantitative estimate of drug-likeness (QED) is 0.00964. The minimum Gasteiger partial charge on any atom is -0.508 e. The normalized spacial score (nSPS) is 23.9. The van der Waals surface area contributed by atoms with Crippen LogP contribution in [0.15, 0.2) is 85.6 Å². The molecule has 1 aliphatic heterocycles. The first kappa shape index (κ1) is 117. The summed E-state index contributed by atoms with van der Waals surface area (Å²) in [5, 5.41) is 56.7. The number of carbonyl (C=O) groups is 14.